The molecular formula is C21H24ClN5O3. The Bertz CT molecular complexity index is 1030. The van der Waals surface area contributed by atoms with E-state index < -0.39 is 5.97 Å². The van der Waals surface area contributed by atoms with Gasteiger partial charge in [0.25, 0.3) is 5.91 Å². The van der Waals surface area contributed by atoms with Gasteiger partial charge < -0.3 is 15.4 Å². The highest BCUT2D eigenvalue weighted by Gasteiger charge is 2.35. The van der Waals surface area contributed by atoms with E-state index in [1.807, 2.05) is 19.9 Å². The second kappa shape index (κ2) is 8.86. The number of aromatic nitrogens is 2. The van der Waals surface area contributed by atoms with Gasteiger partial charge in [0.15, 0.2) is 5.69 Å². The van der Waals surface area contributed by atoms with Crippen molar-refractivity contribution in [3.05, 3.63) is 51.3 Å². The van der Waals surface area contributed by atoms with Crippen molar-refractivity contribution in [2.75, 3.05) is 13.2 Å². The lowest BCUT2D eigenvalue weighted by atomic mass is 9.98. The molecule has 1 aliphatic heterocycles. The van der Waals surface area contributed by atoms with Crippen LogP contribution >= 0.6 is 11.6 Å². The lowest BCUT2D eigenvalue weighted by Gasteiger charge is -2.33. The standard InChI is InChI=1S/C21H24ClN5O3/c1-4-30-21(29)19-16-11-26(12(2)7-18(16)25-27(19)13(3)9-23)20(28)14-5-6-17(22)15(8-14)10-24/h5-6,8,12-13H,4,7,9,11,23H2,1-3H3/t12-,13-/m1/s1. The molecular weight excluding hydrogens is 406 g/mol. The lowest BCUT2D eigenvalue weighted by molar-refractivity contribution is 0.0500. The average molecular weight is 430 g/mol. The molecule has 0 fully saturated rings. The van der Waals surface area contributed by atoms with Gasteiger partial charge in [-0.15, -0.1) is 0 Å². The highest BCUT2D eigenvalue weighted by atomic mass is 35.5. The fourth-order valence-corrected chi connectivity index (χ4v) is 3.74. The van der Waals surface area contributed by atoms with Gasteiger partial charge in [-0.25, -0.2) is 4.79 Å². The van der Waals surface area contributed by atoms with E-state index in [9.17, 15) is 14.9 Å². The van der Waals surface area contributed by atoms with Crippen molar-refractivity contribution in [1.82, 2.24) is 14.7 Å². The summed E-state index contributed by atoms with van der Waals surface area (Å²) in [5.74, 6) is -0.720. The van der Waals surface area contributed by atoms with Crippen molar-refractivity contribution in [3.63, 3.8) is 0 Å². The molecule has 8 nitrogen and oxygen atoms in total. The summed E-state index contributed by atoms with van der Waals surface area (Å²) in [6, 6.07) is 6.28. The van der Waals surface area contributed by atoms with E-state index in [0.717, 1.165) is 5.69 Å². The Morgan fingerprint density at radius 3 is 2.83 bits per heavy atom. The van der Waals surface area contributed by atoms with E-state index in [-0.39, 0.29) is 36.7 Å². The van der Waals surface area contributed by atoms with Crippen LogP contribution in [0.3, 0.4) is 0 Å². The molecule has 0 bridgehead atoms. The maximum atomic E-state index is 13.2. The van der Waals surface area contributed by atoms with Gasteiger partial charge in [0, 0.05) is 30.1 Å². The van der Waals surface area contributed by atoms with Crippen LogP contribution in [0.5, 0.6) is 0 Å². The molecule has 1 aromatic carbocycles. The fraction of sp³-hybridized carbons (Fsp3) is 0.429. The number of nitrogens with zero attached hydrogens (tertiary/aromatic N) is 4. The number of hydrogen-bond donors (Lipinski definition) is 1. The van der Waals surface area contributed by atoms with Crippen LogP contribution in [0.2, 0.25) is 5.02 Å². The maximum Gasteiger partial charge on any atom is 0.356 e. The number of carbonyl (C=O) groups excluding carboxylic acids is 2. The van der Waals surface area contributed by atoms with Gasteiger partial charge in [-0.05, 0) is 39.0 Å². The molecule has 0 unspecified atom stereocenters. The third kappa shape index (κ3) is 3.91. The third-order valence-electron chi connectivity index (χ3n) is 5.26. The van der Waals surface area contributed by atoms with E-state index in [0.29, 0.717) is 34.8 Å². The molecule has 1 aromatic heterocycles. The number of esters is 1. The van der Waals surface area contributed by atoms with Crippen LogP contribution in [0.1, 0.15) is 64.5 Å². The van der Waals surface area contributed by atoms with Crippen molar-refractivity contribution in [2.45, 2.75) is 45.8 Å². The largest absolute Gasteiger partial charge is 0.461 e. The Morgan fingerprint density at radius 1 is 1.47 bits per heavy atom. The molecule has 2 heterocycles. The maximum absolute atomic E-state index is 13.2. The highest BCUT2D eigenvalue weighted by molar-refractivity contribution is 6.31. The molecule has 2 N–H and O–H groups in total. The van der Waals surface area contributed by atoms with Crippen LogP contribution < -0.4 is 5.73 Å². The minimum atomic E-state index is -0.480. The zero-order chi connectivity index (χ0) is 22.0. The lowest BCUT2D eigenvalue weighted by Crippen LogP contribution is -2.42. The first-order valence-corrected chi connectivity index (χ1v) is 10.2. The summed E-state index contributed by atoms with van der Waals surface area (Å²) in [7, 11) is 0. The molecule has 1 amide bonds. The SMILES string of the molecule is CCOC(=O)c1c2c(nn1[C@H](C)CN)C[C@@H](C)N(C(=O)c1ccc(Cl)c(C#N)c1)C2. The van der Waals surface area contributed by atoms with Gasteiger partial charge in [-0.3, -0.25) is 9.48 Å². The third-order valence-corrected chi connectivity index (χ3v) is 5.59. The molecule has 3 rings (SSSR count). The predicted octanol–water partition coefficient (Wildman–Crippen LogP) is 2.69. The number of nitriles is 1. The van der Waals surface area contributed by atoms with Crippen molar-refractivity contribution >= 4 is 23.5 Å². The van der Waals surface area contributed by atoms with E-state index in [1.54, 1.807) is 28.6 Å². The fourth-order valence-electron chi connectivity index (χ4n) is 3.58. The Morgan fingerprint density at radius 2 is 2.20 bits per heavy atom. The zero-order valence-electron chi connectivity index (χ0n) is 17.2. The number of benzene rings is 1. The monoisotopic (exact) mass is 429 g/mol. The van der Waals surface area contributed by atoms with Crippen LogP contribution in [0.25, 0.3) is 0 Å². The van der Waals surface area contributed by atoms with Crippen LogP contribution in [-0.2, 0) is 17.7 Å². The number of fused-ring (bicyclic) bond motifs is 1. The first-order valence-electron chi connectivity index (χ1n) is 9.80. The quantitative estimate of drug-likeness (QED) is 0.731. The second-order valence-corrected chi connectivity index (χ2v) is 7.72. The first-order chi connectivity index (χ1) is 14.3. The predicted molar refractivity (Wildman–Crippen MR) is 111 cm³/mol. The summed E-state index contributed by atoms with van der Waals surface area (Å²) in [5.41, 5.74) is 8.20. The molecule has 30 heavy (non-hydrogen) atoms. The summed E-state index contributed by atoms with van der Waals surface area (Å²) in [6.45, 7) is 6.30. The molecule has 2 aromatic rings. The number of hydrogen-bond acceptors (Lipinski definition) is 6. The molecule has 1 aliphatic rings. The van der Waals surface area contributed by atoms with Crippen LogP contribution in [-0.4, -0.2) is 45.8 Å². The molecule has 158 valence electrons. The summed E-state index contributed by atoms with van der Waals surface area (Å²) in [6.07, 6.45) is 0.496. The Hall–Kier alpha value is -2.89. The van der Waals surface area contributed by atoms with E-state index in [4.69, 9.17) is 22.1 Å². The van der Waals surface area contributed by atoms with Crippen molar-refractivity contribution in [2.24, 2.45) is 5.73 Å². The first kappa shape index (κ1) is 21.8. The van der Waals surface area contributed by atoms with Gasteiger partial charge in [0.05, 0.1) is 35.5 Å². The Kier molecular flexibility index (Phi) is 6.44. The van der Waals surface area contributed by atoms with Gasteiger partial charge in [0.1, 0.15) is 6.07 Å². The summed E-state index contributed by atoms with van der Waals surface area (Å²) < 4.78 is 6.85. The molecule has 9 heteroatoms. The minimum absolute atomic E-state index is 0.141. The second-order valence-electron chi connectivity index (χ2n) is 7.32. The Labute approximate surface area is 180 Å². The topological polar surface area (TPSA) is 114 Å². The van der Waals surface area contributed by atoms with Crippen molar-refractivity contribution in [3.8, 4) is 6.07 Å². The number of ether oxygens (including phenoxy) is 1. The Balaban J connectivity index is 2.01. The number of halogens is 1. The van der Waals surface area contributed by atoms with Gasteiger partial charge in [0.2, 0.25) is 0 Å². The van der Waals surface area contributed by atoms with Crippen LogP contribution in [0.4, 0.5) is 0 Å². The average Bonchev–Trinajstić information content (AvgIpc) is 3.10. The zero-order valence-corrected chi connectivity index (χ0v) is 17.9. The molecule has 0 saturated carbocycles. The smallest absolute Gasteiger partial charge is 0.356 e. The number of nitrogens with two attached hydrogens (primary N) is 1. The number of amides is 1. The number of rotatable bonds is 5. The molecule has 0 aliphatic carbocycles. The van der Waals surface area contributed by atoms with Gasteiger partial charge in [-0.1, -0.05) is 11.6 Å². The van der Waals surface area contributed by atoms with Crippen molar-refractivity contribution < 1.29 is 14.3 Å². The summed E-state index contributed by atoms with van der Waals surface area (Å²) in [4.78, 5) is 27.6. The normalized spacial score (nSPS) is 16.5. The van der Waals surface area contributed by atoms with Crippen LogP contribution in [0.15, 0.2) is 18.2 Å². The van der Waals surface area contributed by atoms with E-state index >= 15 is 0 Å². The van der Waals surface area contributed by atoms with Crippen LogP contribution in [0, 0.1) is 11.3 Å². The minimum Gasteiger partial charge on any atom is -0.461 e. The molecule has 0 saturated heterocycles. The molecule has 0 radical (unpaired) electrons. The summed E-state index contributed by atoms with van der Waals surface area (Å²) >= 11 is 5.99. The van der Waals surface area contributed by atoms with E-state index in [2.05, 4.69) is 5.10 Å². The highest BCUT2D eigenvalue weighted by Crippen LogP contribution is 2.30. The van der Waals surface area contributed by atoms with E-state index in [1.165, 1.54) is 6.07 Å². The molecule has 2 atom stereocenters. The molecule has 0 spiro atoms. The summed E-state index contributed by atoms with van der Waals surface area (Å²) in [5, 5.41) is 14.1. The van der Waals surface area contributed by atoms with Gasteiger partial charge in [-0.2, -0.15) is 10.4 Å². The van der Waals surface area contributed by atoms with Gasteiger partial charge >= 0.3 is 5.97 Å². The number of carbonyl (C=O) groups is 2. The van der Waals surface area contributed by atoms with Crippen molar-refractivity contribution in [1.29, 1.82) is 5.26 Å².